The summed E-state index contributed by atoms with van der Waals surface area (Å²) in [6.45, 7) is 2.07. The maximum atomic E-state index is 5.80. The molecule has 0 saturated carbocycles. The SMILES string of the molecule is CN1CC2CCOC2c2ccccc21. The summed E-state index contributed by atoms with van der Waals surface area (Å²) in [7, 11) is 2.17. The van der Waals surface area contributed by atoms with E-state index in [0.717, 1.165) is 13.2 Å². The number of benzene rings is 1. The van der Waals surface area contributed by atoms with E-state index in [4.69, 9.17) is 4.74 Å². The van der Waals surface area contributed by atoms with E-state index >= 15 is 0 Å². The normalized spacial score (nSPS) is 29.9. The summed E-state index contributed by atoms with van der Waals surface area (Å²) in [5.41, 5.74) is 2.72. The highest BCUT2D eigenvalue weighted by molar-refractivity contribution is 5.56. The van der Waals surface area contributed by atoms with Crippen molar-refractivity contribution >= 4 is 5.69 Å². The number of fused-ring (bicyclic) bond motifs is 3. The third kappa shape index (κ3) is 1.07. The minimum Gasteiger partial charge on any atom is -0.374 e. The van der Waals surface area contributed by atoms with Crippen molar-refractivity contribution in [2.45, 2.75) is 12.5 Å². The Morgan fingerprint density at radius 1 is 1.36 bits per heavy atom. The summed E-state index contributed by atoms with van der Waals surface area (Å²) < 4.78 is 5.80. The van der Waals surface area contributed by atoms with E-state index in [0.29, 0.717) is 12.0 Å². The molecule has 0 radical (unpaired) electrons. The molecule has 0 aromatic heterocycles. The molecule has 2 aliphatic heterocycles. The number of hydrogen-bond acceptors (Lipinski definition) is 2. The maximum absolute atomic E-state index is 5.80. The Hall–Kier alpha value is -1.02. The molecule has 1 aromatic rings. The van der Waals surface area contributed by atoms with E-state index in [2.05, 4.69) is 36.2 Å². The van der Waals surface area contributed by atoms with Crippen LogP contribution in [0.2, 0.25) is 0 Å². The zero-order chi connectivity index (χ0) is 9.54. The molecule has 1 saturated heterocycles. The fourth-order valence-electron chi connectivity index (χ4n) is 2.69. The van der Waals surface area contributed by atoms with E-state index in [9.17, 15) is 0 Å². The van der Waals surface area contributed by atoms with Crippen LogP contribution in [0.5, 0.6) is 0 Å². The quantitative estimate of drug-likeness (QED) is 0.620. The van der Waals surface area contributed by atoms with Gasteiger partial charge < -0.3 is 9.64 Å². The lowest BCUT2D eigenvalue weighted by molar-refractivity contribution is 0.0891. The summed E-state index contributed by atoms with van der Waals surface area (Å²) in [6.07, 6.45) is 1.57. The van der Waals surface area contributed by atoms with Crippen LogP contribution in [0.25, 0.3) is 0 Å². The second kappa shape index (κ2) is 2.99. The first-order valence-electron chi connectivity index (χ1n) is 5.28. The number of nitrogens with zero attached hydrogens (tertiary/aromatic N) is 1. The lowest BCUT2D eigenvalue weighted by atomic mass is 9.89. The highest BCUT2D eigenvalue weighted by atomic mass is 16.5. The summed E-state index contributed by atoms with van der Waals surface area (Å²) in [5, 5.41) is 0. The molecular formula is C12H15NO. The monoisotopic (exact) mass is 189 g/mol. The van der Waals surface area contributed by atoms with Crippen molar-refractivity contribution in [2.24, 2.45) is 5.92 Å². The van der Waals surface area contributed by atoms with E-state index in [-0.39, 0.29) is 0 Å². The zero-order valence-electron chi connectivity index (χ0n) is 8.44. The van der Waals surface area contributed by atoms with Gasteiger partial charge in [0.1, 0.15) is 0 Å². The molecule has 14 heavy (non-hydrogen) atoms. The number of para-hydroxylation sites is 1. The van der Waals surface area contributed by atoms with Crippen LogP contribution in [-0.2, 0) is 4.74 Å². The molecule has 2 atom stereocenters. The van der Waals surface area contributed by atoms with E-state index < -0.39 is 0 Å². The van der Waals surface area contributed by atoms with Gasteiger partial charge in [0.25, 0.3) is 0 Å². The van der Waals surface area contributed by atoms with Gasteiger partial charge in [-0.25, -0.2) is 0 Å². The number of anilines is 1. The lowest BCUT2D eigenvalue weighted by Gasteiger charge is -2.34. The van der Waals surface area contributed by atoms with Gasteiger partial charge in [-0.15, -0.1) is 0 Å². The van der Waals surface area contributed by atoms with Crippen LogP contribution in [0, 0.1) is 5.92 Å². The summed E-state index contributed by atoms with van der Waals surface area (Å²) in [4.78, 5) is 2.35. The predicted molar refractivity (Wildman–Crippen MR) is 56.5 cm³/mol. The maximum Gasteiger partial charge on any atom is 0.0890 e. The first kappa shape index (κ1) is 8.30. The van der Waals surface area contributed by atoms with Crippen molar-refractivity contribution in [3.8, 4) is 0 Å². The molecule has 0 amide bonds. The van der Waals surface area contributed by atoms with Crippen molar-refractivity contribution in [3.05, 3.63) is 29.8 Å². The average Bonchev–Trinajstić information content (AvgIpc) is 2.66. The van der Waals surface area contributed by atoms with Crippen LogP contribution in [0.3, 0.4) is 0 Å². The molecule has 2 heteroatoms. The summed E-state index contributed by atoms with van der Waals surface area (Å²) >= 11 is 0. The molecule has 0 aliphatic carbocycles. The molecule has 3 rings (SSSR count). The van der Waals surface area contributed by atoms with Gasteiger partial charge in [-0.3, -0.25) is 0 Å². The third-order valence-corrected chi connectivity index (χ3v) is 3.38. The molecule has 1 fully saturated rings. The third-order valence-electron chi connectivity index (χ3n) is 3.38. The molecule has 0 bridgehead atoms. The zero-order valence-corrected chi connectivity index (χ0v) is 8.44. The molecular weight excluding hydrogens is 174 g/mol. The fraction of sp³-hybridized carbons (Fsp3) is 0.500. The van der Waals surface area contributed by atoms with Crippen molar-refractivity contribution in [2.75, 3.05) is 25.1 Å². The molecule has 74 valence electrons. The molecule has 0 N–H and O–H groups in total. The highest BCUT2D eigenvalue weighted by Gasteiger charge is 2.36. The van der Waals surface area contributed by atoms with Crippen LogP contribution in [0.1, 0.15) is 18.1 Å². The Morgan fingerprint density at radius 3 is 3.14 bits per heavy atom. The van der Waals surface area contributed by atoms with Crippen molar-refractivity contribution < 1.29 is 4.74 Å². The molecule has 2 nitrogen and oxygen atoms in total. The van der Waals surface area contributed by atoms with E-state index in [1.165, 1.54) is 17.7 Å². The van der Waals surface area contributed by atoms with Crippen molar-refractivity contribution in [3.63, 3.8) is 0 Å². The van der Waals surface area contributed by atoms with Crippen LogP contribution < -0.4 is 4.90 Å². The number of rotatable bonds is 0. The first-order chi connectivity index (χ1) is 6.86. The van der Waals surface area contributed by atoms with Gasteiger partial charge in [0.05, 0.1) is 6.10 Å². The van der Waals surface area contributed by atoms with Crippen LogP contribution in [0.15, 0.2) is 24.3 Å². The van der Waals surface area contributed by atoms with Crippen LogP contribution in [-0.4, -0.2) is 20.2 Å². The largest absolute Gasteiger partial charge is 0.374 e. The fourth-order valence-corrected chi connectivity index (χ4v) is 2.69. The molecule has 2 aliphatic rings. The summed E-state index contributed by atoms with van der Waals surface area (Å²) in [6, 6.07) is 8.60. The second-order valence-corrected chi connectivity index (χ2v) is 4.28. The molecule has 1 aromatic carbocycles. The smallest absolute Gasteiger partial charge is 0.0890 e. The average molecular weight is 189 g/mol. The molecule has 2 unspecified atom stereocenters. The standard InChI is InChI=1S/C12H15NO/c1-13-8-9-6-7-14-12(9)10-4-2-3-5-11(10)13/h2-5,9,12H,6-8H2,1H3. The minimum atomic E-state index is 0.363. The van der Waals surface area contributed by atoms with Gasteiger partial charge in [0.15, 0.2) is 0 Å². The van der Waals surface area contributed by atoms with Crippen molar-refractivity contribution in [1.29, 1.82) is 0 Å². The van der Waals surface area contributed by atoms with Gasteiger partial charge in [-0.05, 0) is 12.5 Å². The van der Waals surface area contributed by atoms with Gasteiger partial charge in [0, 0.05) is 37.4 Å². The van der Waals surface area contributed by atoms with E-state index in [1.807, 2.05) is 0 Å². The first-order valence-corrected chi connectivity index (χ1v) is 5.28. The Labute approximate surface area is 84.5 Å². The Morgan fingerprint density at radius 2 is 2.21 bits per heavy atom. The summed E-state index contributed by atoms with van der Waals surface area (Å²) in [5.74, 6) is 0.704. The van der Waals surface area contributed by atoms with Crippen LogP contribution in [0.4, 0.5) is 5.69 Å². The van der Waals surface area contributed by atoms with Gasteiger partial charge >= 0.3 is 0 Å². The van der Waals surface area contributed by atoms with Gasteiger partial charge in [-0.2, -0.15) is 0 Å². The Kier molecular flexibility index (Phi) is 1.77. The van der Waals surface area contributed by atoms with Gasteiger partial charge in [-0.1, -0.05) is 18.2 Å². The van der Waals surface area contributed by atoms with Crippen LogP contribution >= 0.6 is 0 Å². The topological polar surface area (TPSA) is 12.5 Å². The number of ether oxygens (including phenoxy) is 1. The highest BCUT2D eigenvalue weighted by Crippen LogP contribution is 2.43. The Balaban J connectivity index is 2.09. The predicted octanol–water partition coefficient (Wildman–Crippen LogP) is 2.21. The molecule has 0 spiro atoms. The molecule has 2 heterocycles. The second-order valence-electron chi connectivity index (χ2n) is 4.28. The van der Waals surface area contributed by atoms with Gasteiger partial charge in [0.2, 0.25) is 0 Å². The van der Waals surface area contributed by atoms with Crippen molar-refractivity contribution in [1.82, 2.24) is 0 Å². The lowest BCUT2D eigenvalue weighted by Crippen LogP contribution is -2.33. The minimum absolute atomic E-state index is 0.363. The number of hydrogen-bond donors (Lipinski definition) is 0. The Bertz CT molecular complexity index is 350. The van der Waals surface area contributed by atoms with E-state index in [1.54, 1.807) is 0 Å².